The number of benzene rings is 3. The van der Waals surface area contributed by atoms with Gasteiger partial charge in [0.1, 0.15) is 0 Å². The average Bonchev–Trinajstić information content (AvgIpc) is 3.10. The summed E-state index contributed by atoms with van der Waals surface area (Å²) < 4.78 is 27.1. The van der Waals surface area contributed by atoms with Crippen molar-refractivity contribution in [3.8, 4) is 11.1 Å². The summed E-state index contributed by atoms with van der Waals surface area (Å²) in [5.74, 6) is -1.91. The van der Waals surface area contributed by atoms with Crippen molar-refractivity contribution in [3.05, 3.63) is 101 Å². The van der Waals surface area contributed by atoms with Crippen LogP contribution in [0.3, 0.4) is 0 Å². The molecule has 0 atom stereocenters. The van der Waals surface area contributed by atoms with Crippen molar-refractivity contribution in [2.24, 2.45) is 0 Å². The van der Waals surface area contributed by atoms with Gasteiger partial charge in [0.2, 0.25) is 0 Å². The number of para-hydroxylation sites is 1. The molecule has 30 heavy (non-hydrogen) atoms. The van der Waals surface area contributed by atoms with Crippen LogP contribution >= 0.6 is 0 Å². The quantitative estimate of drug-likeness (QED) is 0.461. The van der Waals surface area contributed by atoms with Crippen LogP contribution in [0.2, 0.25) is 0 Å². The van der Waals surface area contributed by atoms with Gasteiger partial charge in [-0.3, -0.25) is 9.78 Å². The maximum absolute atomic E-state index is 13.7. The lowest BCUT2D eigenvalue weighted by Crippen LogP contribution is -2.26. The van der Waals surface area contributed by atoms with E-state index in [4.69, 9.17) is 0 Å². The summed E-state index contributed by atoms with van der Waals surface area (Å²) in [5.41, 5.74) is 4.45. The Bertz CT molecular complexity index is 1290. The number of nitrogens with zero attached hydrogens (tertiary/aromatic N) is 2. The highest BCUT2D eigenvalue weighted by Crippen LogP contribution is 2.33. The van der Waals surface area contributed by atoms with E-state index in [-0.39, 0.29) is 5.91 Å². The number of carbonyl (C=O) groups excluding carboxylic acids is 1. The van der Waals surface area contributed by atoms with Gasteiger partial charge in [0, 0.05) is 30.6 Å². The van der Waals surface area contributed by atoms with E-state index in [2.05, 4.69) is 4.98 Å². The third kappa shape index (κ3) is 3.22. The first-order chi connectivity index (χ1) is 14.6. The zero-order valence-corrected chi connectivity index (χ0v) is 16.1. The van der Waals surface area contributed by atoms with Crippen LogP contribution in [-0.2, 0) is 13.0 Å². The first-order valence-corrected chi connectivity index (χ1v) is 9.81. The van der Waals surface area contributed by atoms with Gasteiger partial charge in [-0.1, -0.05) is 48.5 Å². The third-order valence-electron chi connectivity index (χ3n) is 5.54. The highest BCUT2D eigenvalue weighted by atomic mass is 19.2. The van der Waals surface area contributed by atoms with Crippen molar-refractivity contribution < 1.29 is 13.6 Å². The smallest absolute Gasteiger partial charge is 0.255 e. The summed E-state index contributed by atoms with van der Waals surface area (Å²) in [5, 5.41) is 1.09. The van der Waals surface area contributed by atoms with Gasteiger partial charge in [0.15, 0.2) is 11.6 Å². The highest BCUT2D eigenvalue weighted by Gasteiger charge is 2.30. The number of hydrogen-bond acceptors (Lipinski definition) is 2. The topological polar surface area (TPSA) is 33.2 Å². The number of halogens is 2. The molecular formula is C25H18F2N2O. The lowest BCUT2D eigenvalue weighted by molar-refractivity contribution is 0.0780. The third-order valence-corrected chi connectivity index (χ3v) is 5.54. The molecule has 0 N–H and O–H groups in total. The van der Waals surface area contributed by atoms with Crippen molar-refractivity contribution in [1.82, 2.24) is 9.88 Å². The molecule has 1 amide bonds. The van der Waals surface area contributed by atoms with E-state index in [0.29, 0.717) is 36.2 Å². The van der Waals surface area contributed by atoms with Gasteiger partial charge in [0.05, 0.1) is 11.1 Å². The summed E-state index contributed by atoms with van der Waals surface area (Å²) in [6.07, 6.45) is 0.644. The lowest BCUT2D eigenvalue weighted by Gasteiger charge is -2.15. The van der Waals surface area contributed by atoms with Gasteiger partial charge >= 0.3 is 0 Å². The van der Waals surface area contributed by atoms with Crippen molar-refractivity contribution in [3.63, 3.8) is 0 Å². The van der Waals surface area contributed by atoms with Gasteiger partial charge in [-0.2, -0.15) is 0 Å². The zero-order valence-electron chi connectivity index (χ0n) is 16.1. The molecule has 0 aliphatic carbocycles. The minimum absolute atomic E-state index is 0.0916. The van der Waals surface area contributed by atoms with Crippen molar-refractivity contribution in [2.45, 2.75) is 13.0 Å². The minimum Gasteiger partial charge on any atom is -0.334 e. The fraction of sp³-hybridized carbons (Fsp3) is 0.120. The van der Waals surface area contributed by atoms with Gasteiger partial charge in [-0.15, -0.1) is 0 Å². The standard InChI is InChI=1S/C25H18F2N2O/c26-21-11-9-17(14-22(21)27)20-6-3-5-18-15-29(25(30)24(18)20)13-12-19-10-8-16-4-1-2-7-23(16)28-19/h1-11,14H,12-13,15H2. The van der Waals surface area contributed by atoms with Gasteiger partial charge in [-0.05, 0) is 41.0 Å². The van der Waals surface area contributed by atoms with Crippen LogP contribution in [0.5, 0.6) is 0 Å². The molecule has 2 heterocycles. The van der Waals surface area contributed by atoms with E-state index in [9.17, 15) is 13.6 Å². The van der Waals surface area contributed by atoms with Gasteiger partial charge < -0.3 is 4.90 Å². The van der Waals surface area contributed by atoms with E-state index in [1.54, 1.807) is 11.0 Å². The lowest BCUT2D eigenvalue weighted by atomic mass is 9.96. The van der Waals surface area contributed by atoms with Crippen LogP contribution in [0.1, 0.15) is 21.6 Å². The number of hydrogen-bond donors (Lipinski definition) is 0. The predicted molar refractivity (Wildman–Crippen MR) is 112 cm³/mol. The predicted octanol–water partition coefficient (Wildman–Crippen LogP) is 5.38. The Kier molecular flexibility index (Phi) is 4.51. The first kappa shape index (κ1) is 18.4. The molecule has 3 aromatic carbocycles. The normalized spacial score (nSPS) is 13.1. The van der Waals surface area contributed by atoms with Gasteiger partial charge in [-0.25, -0.2) is 8.78 Å². The zero-order chi connectivity index (χ0) is 20.7. The number of aromatic nitrogens is 1. The molecule has 0 saturated heterocycles. The fourth-order valence-corrected chi connectivity index (χ4v) is 4.00. The molecule has 0 fully saturated rings. The van der Waals surface area contributed by atoms with Gasteiger partial charge in [0.25, 0.3) is 5.91 Å². The van der Waals surface area contributed by atoms with Crippen LogP contribution in [0, 0.1) is 11.6 Å². The number of carbonyl (C=O) groups is 1. The monoisotopic (exact) mass is 400 g/mol. The molecule has 1 aromatic heterocycles. The molecule has 0 bridgehead atoms. The fourth-order valence-electron chi connectivity index (χ4n) is 4.00. The van der Waals surface area contributed by atoms with Crippen LogP contribution < -0.4 is 0 Å². The molecule has 1 aliphatic rings. The van der Waals surface area contributed by atoms with Crippen LogP contribution in [-0.4, -0.2) is 22.3 Å². The molecule has 1 aliphatic heterocycles. The van der Waals surface area contributed by atoms with Crippen LogP contribution in [0.4, 0.5) is 8.78 Å². The molecule has 5 rings (SSSR count). The molecule has 4 aromatic rings. The van der Waals surface area contributed by atoms with Crippen LogP contribution in [0.25, 0.3) is 22.0 Å². The number of fused-ring (bicyclic) bond motifs is 2. The Morgan fingerprint density at radius 3 is 2.63 bits per heavy atom. The summed E-state index contributed by atoms with van der Waals surface area (Å²) in [7, 11) is 0. The molecule has 0 saturated carbocycles. The van der Waals surface area contributed by atoms with E-state index < -0.39 is 11.6 Å². The molecular weight excluding hydrogens is 382 g/mol. The largest absolute Gasteiger partial charge is 0.334 e. The Morgan fingerprint density at radius 1 is 0.900 bits per heavy atom. The van der Waals surface area contributed by atoms with E-state index in [1.807, 2.05) is 48.5 Å². The summed E-state index contributed by atoms with van der Waals surface area (Å²) >= 11 is 0. The Balaban J connectivity index is 1.39. The molecule has 5 heteroatoms. The summed E-state index contributed by atoms with van der Waals surface area (Å²) in [4.78, 5) is 19.6. The minimum atomic E-state index is -0.921. The summed E-state index contributed by atoms with van der Waals surface area (Å²) in [6, 6.07) is 21.2. The number of pyridine rings is 1. The van der Waals surface area contributed by atoms with E-state index >= 15 is 0 Å². The highest BCUT2D eigenvalue weighted by molar-refractivity contribution is 6.04. The molecule has 3 nitrogen and oxygen atoms in total. The van der Waals surface area contributed by atoms with E-state index in [1.165, 1.54) is 6.07 Å². The van der Waals surface area contributed by atoms with Crippen molar-refractivity contribution in [1.29, 1.82) is 0 Å². The number of rotatable bonds is 4. The second-order valence-corrected chi connectivity index (χ2v) is 7.44. The van der Waals surface area contributed by atoms with Crippen LogP contribution in [0.15, 0.2) is 72.8 Å². The first-order valence-electron chi connectivity index (χ1n) is 9.81. The Morgan fingerprint density at radius 2 is 1.77 bits per heavy atom. The molecule has 0 unspecified atom stereocenters. The second kappa shape index (κ2) is 7.34. The molecule has 0 spiro atoms. The number of amides is 1. The second-order valence-electron chi connectivity index (χ2n) is 7.44. The average molecular weight is 400 g/mol. The van der Waals surface area contributed by atoms with Crippen molar-refractivity contribution in [2.75, 3.05) is 6.54 Å². The SMILES string of the molecule is O=C1c2c(cccc2-c2ccc(F)c(F)c2)CN1CCc1ccc2ccccc2n1. The maximum Gasteiger partial charge on any atom is 0.255 e. The molecule has 0 radical (unpaired) electrons. The maximum atomic E-state index is 13.7. The summed E-state index contributed by atoms with van der Waals surface area (Å²) in [6.45, 7) is 1.04. The Hall–Kier alpha value is -3.60. The van der Waals surface area contributed by atoms with E-state index in [0.717, 1.165) is 34.3 Å². The molecule has 148 valence electrons. The van der Waals surface area contributed by atoms with Crippen molar-refractivity contribution >= 4 is 16.8 Å². The Labute approximate surface area is 172 Å².